The van der Waals surface area contributed by atoms with Gasteiger partial charge in [0, 0.05) is 44.7 Å². The van der Waals surface area contributed by atoms with Crippen LogP contribution in [0.25, 0.3) is 0 Å². The van der Waals surface area contributed by atoms with Gasteiger partial charge in [0.2, 0.25) is 0 Å². The minimum Gasteiger partial charge on any atom is -0.491 e. The third kappa shape index (κ3) is 4.99. The van der Waals surface area contributed by atoms with Crippen molar-refractivity contribution in [2.75, 3.05) is 50.8 Å². The van der Waals surface area contributed by atoms with Crippen molar-refractivity contribution in [1.29, 1.82) is 0 Å². The minimum atomic E-state index is -0.327. The Kier molecular flexibility index (Phi) is 6.04. The van der Waals surface area contributed by atoms with E-state index >= 15 is 0 Å². The first kappa shape index (κ1) is 20.3. The molecular weight excluding hydrogens is 392 g/mol. The van der Waals surface area contributed by atoms with E-state index in [0.29, 0.717) is 37.5 Å². The van der Waals surface area contributed by atoms with Crippen LogP contribution in [0.5, 0.6) is 5.75 Å². The van der Waals surface area contributed by atoms with Crippen LogP contribution >= 0.6 is 0 Å². The van der Waals surface area contributed by atoms with Crippen molar-refractivity contribution in [2.45, 2.75) is 24.8 Å². The molecule has 2 saturated heterocycles. The summed E-state index contributed by atoms with van der Waals surface area (Å²) in [7, 11) is 0. The lowest BCUT2D eigenvalue weighted by atomic mass is 10.0. The van der Waals surface area contributed by atoms with Crippen LogP contribution in [0, 0.1) is 5.92 Å². The van der Waals surface area contributed by atoms with Crippen LogP contribution in [-0.2, 0) is 4.74 Å². The van der Waals surface area contributed by atoms with Crippen LogP contribution < -0.4 is 15.0 Å². The molecule has 1 aromatic heterocycles. The first-order chi connectivity index (χ1) is 15.3. The van der Waals surface area contributed by atoms with Gasteiger partial charge in [0.1, 0.15) is 18.2 Å². The average molecular weight is 423 g/mol. The normalized spacial score (nSPS) is 23.9. The number of nitrogens with zero attached hydrogens (tertiary/aromatic N) is 3. The Bertz CT molecular complexity index is 870. The van der Waals surface area contributed by atoms with E-state index in [9.17, 15) is 4.79 Å². The van der Waals surface area contributed by atoms with Crippen molar-refractivity contribution in [3.8, 4) is 5.75 Å². The van der Waals surface area contributed by atoms with Crippen molar-refractivity contribution in [1.82, 2.24) is 15.2 Å². The highest BCUT2D eigenvalue weighted by molar-refractivity contribution is 5.86. The maximum atomic E-state index is 11.8. The fourth-order valence-electron chi connectivity index (χ4n) is 4.47. The summed E-state index contributed by atoms with van der Waals surface area (Å²) < 4.78 is 10.9. The topological polar surface area (TPSA) is 66.9 Å². The highest BCUT2D eigenvalue weighted by Crippen LogP contribution is 2.40. The lowest BCUT2D eigenvalue weighted by Gasteiger charge is -2.39. The van der Waals surface area contributed by atoms with Gasteiger partial charge < -0.3 is 14.8 Å². The Morgan fingerprint density at radius 3 is 2.81 bits per heavy atom. The predicted octanol–water partition coefficient (Wildman–Crippen LogP) is 2.88. The van der Waals surface area contributed by atoms with Crippen LogP contribution in [0.1, 0.15) is 24.3 Å². The van der Waals surface area contributed by atoms with Crippen LogP contribution in [-0.4, -0.2) is 68.0 Å². The number of rotatable bonds is 9. The number of hydrogen-bond donors (Lipinski definition) is 1. The van der Waals surface area contributed by atoms with Gasteiger partial charge in [0.15, 0.2) is 0 Å². The van der Waals surface area contributed by atoms with E-state index in [4.69, 9.17) is 9.47 Å². The van der Waals surface area contributed by atoms with Gasteiger partial charge in [-0.25, -0.2) is 9.78 Å². The molecule has 7 nitrogen and oxygen atoms in total. The van der Waals surface area contributed by atoms with Crippen molar-refractivity contribution < 1.29 is 14.3 Å². The van der Waals surface area contributed by atoms with Crippen molar-refractivity contribution in [3.05, 3.63) is 54.2 Å². The minimum absolute atomic E-state index is 0.327. The molecule has 3 aliphatic rings. The Labute approximate surface area is 183 Å². The molecule has 1 amide bonds. The van der Waals surface area contributed by atoms with E-state index in [1.165, 1.54) is 12.0 Å². The second-order valence-electron chi connectivity index (χ2n) is 8.71. The molecule has 2 aliphatic heterocycles. The molecular formula is C24H30N4O3. The summed E-state index contributed by atoms with van der Waals surface area (Å²) in [5, 5.41) is 3.74. The monoisotopic (exact) mass is 422 g/mol. The number of amides is 1. The van der Waals surface area contributed by atoms with Crippen molar-refractivity contribution in [2.24, 2.45) is 5.92 Å². The Balaban J connectivity index is 0.959. The number of likely N-dealkylation sites (tertiary alicyclic amines) is 1. The number of ether oxygens (including phenoxy) is 2. The maximum Gasteiger partial charge on any atom is 0.415 e. The highest BCUT2D eigenvalue weighted by Gasteiger charge is 2.38. The zero-order valence-electron chi connectivity index (χ0n) is 17.8. The van der Waals surface area contributed by atoms with Gasteiger partial charge in [0.25, 0.3) is 0 Å². The van der Waals surface area contributed by atoms with Crippen molar-refractivity contribution >= 4 is 11.9 Å². The molecule has 7 heteroatoms. The molecule has 0 unspecified atom stereocenters. The zero-order valence-corrected chi connectivity index (χ0v) is 17.8. The quantitative estimate of drug-likeness (QED) is 0.670. The summed E-state index contributed by atoms with van der Waals surface area (Å²) in [6, 6.07) is 15.2. The number of anilines is 1. The molecule has 0 radical (unpaired) electrons. The lowest BCUT2D eigenvalue weighted by molar-refractivity contribution is 0.0820. The summed E-state index contributed by atoms with van der Waals surface area (Å²) in [6.07, 6.45) is 3.44. The summed E-state index contributed by atoms with van der Waals surface area (Å²) in [5.41, 5.74) is 1.46. The largest absolute Gasteiger partial charge is 0.491 e. The average Bonchev–Trinajstić information content (AvgIpc) is 3.56. The number of aromatic nitrogens is 1. The fourth-order valence-corrected chi connectivity index (χ4v) is 4.47. The lowest BCUT2D eigenvalue weighted by Crippen LogP contribution is -2.52. The van der Waals surface area contributed by atoms with E-state index in [-0.39, 0.29) is 6.09 Å². The van der Waals surface area contributed by atoms with Gasteiger partial charge in [-0.1, -0.05) is 30.3 Å². The van der Waals surface area contributed by atoms with E-state index < -0.39 is 0 Å². The first-order valence-corrected chi connectivity index (χ1v) is 11.3. The summed E-state index contributed by atoms with van der Waals surface area (Å²) in [4.78, 5) is 20.1. The molecule has 3 fully saturated rings. The van der Waals surface area contributed by atoms with Gasteiger partial charge in [-0.2, -0.15) is 0 Å². The zero-order chi connectivity index (χ0) is 21.0. The van der Waals surface area contributed by atoms with Gasteiger partial charge in [-0.05, 0) is 36.5 Å². The maximum absolute atomic E-state index is 11.8. The summed E-state index contributed by atoms with van der Waals surface area (Å²) in [5.74, 6) is 2.78. The first-order valence-electron chi connectivity index (χ1n) is 11.3. The van der Waals surface area contributed by atoms with E-state index in [1.807, 2.05) is 12.1 Å². The molecule has 2 aromatic rings. The SMILES string of the molecule is O=C1OCCCN1c1ccc(OCCN2CC(CN[C@@H]3C[C@H]3c3ccccc3)C2)cn1. The molecule has 1 aromatic carbocycles. The molecule has 1 saturated carbocycles. The van der Waals surface area contributed by atoms with E-state index in [1.54, 1.807) is 11.1 Å². The molecule has 31 heavy (non-hydrogen) atoms. The molecule has 0 spiro atoms. The second kappa shape index (κ2) is 9.24. The Morgan fingerprint density at radius 2 is 2.03 bits per heavy atom. The van der Waals surface area contributed by atoms with Gasteiger partial charge in [-0.3, -0.25) is 9.80 Å². The standard InChI is InChI=1S/C24H30N4O3/c29-24-28(9-4-11-31-24)23-8-7-20(15-26-23)30-12-10-27-16-18(17-27)14-25-22-13-21(22)19-5-2-1-3-6-19/h1-3,5-8,15,18,21-22,25H,4,9-14,16-17H2/t21-,22+/m0/s1. The number of nitrogens with one attached hydrogen (secondary N) is 1. The van der Waals surface area contributed by atoms with Crippen LogP contribution in [0.2, 0.25) is 0 Å². The number of hydrogen-bond acceptors (Lipinski definition) is 6. The molecule has 164 valence electrons. The van der Waals surface area contributed by atoms with Gasteiger partial charge in [0.05, 0.1) is 12.8 Å². The number of cyclic esters (lactones) is 1. The number of pyridine rings is 1. The summed E-state index contributed by atoms with van der Waals surface area (Å²) in [6.45, 7) is 6.07. The molecule has 3 heterocycles. The number of benzene rings is 1. The molecule has 5 rings (SSSR count). The Morgan fingerprint density at radius 1 is 1.16 bits per heavy atom. The van der Waals surface area contributed by atoms with E-state index in [0.717, 1.165) is 44.3 Å². The van der Waals surface area contributed by atoms with Crippen molar-refractivity contribution in [3.63, 3.8) is 0 Å². The smallest absolute Gasteiger partial charge is 0.415 e. The predicted molar refractivity (Wildman–Crippen MR) is 119 cm³/mol. The number of carbonyl (C=O) groups excluding carboxylic acids is 1. The van der Waals surface area contributed by atoms with Gasteiger partial charge in [-0.15, -0.1) is 0 Å². The van der Waals surface area contributed by atoms with E-state index in [2.05, 4.69) is 45.5 Å². The molecule has 1 N–H and O–H groups in total. The van der Waals surface area contributed by atoms with Gasteiger partial charge >= 0.3 is 6.09 Å². The Hall–Kier alpha value is -2.64. The number of carbonyl (C=O) groups is 1. The molecule has 1 aliphatic carbocycles. The third-order valence-electron chi connectivity index (χ3n) is 6.37. The third-order valence-corrected chi connectivity index (χ3v) is 6.37. The van der Waals surface area contributed by atoms with Crippen LogP contribution in [0.15, 0.2) is 48.7 Å². The summed E-state index contributed by atoms with van der Waals surface area (Å²) >= 11 is 0. The second-order valence-corrected chi connectivity index (χ2v) is 8.71. The fraction of sp³-hybridized carbons (Fsp3) is 0.500. The van der Waals surface area contributed by atoms with Crippen LogP contribution in [0.4, 0.5) is 10.6 Å². The molecule has 0 bridgehead atoms. The highest BCUT2D eigenvalue weighted by atomic mass is 16.6. The van der Waals surface area contributed by atoms with Crippen LogP contribution in [0.3, 0.4) is 0 Å². The molecule has 2 atom stereocenters.